The number of ether oxygens (including phenoxy) is 1. The Labute approximate surface area is 125 Å². The monoisotopic (exact) mass is 287 g/mol. The Morgan fingerprint density at radius 1 is 1.19 bits per heavy atom. The van der Waals surface area contributed by atoms with Crippen molar-refractivity contribution in [1.29, 1.82) is 0 Å². The number of nitrogens with zero attached hydrogens (tertiary/aromatic N) is 3. The maximum absolute atomic E-state index is 5.60. The molecule has 0 radical (unpaired) electrons. The zero-order chi connectivity index (χ0) is 14.8. The van der Waals surface area contributed by atoms with Crippen LogP contribution in [0.4, 0.5) is 5.69 Å². The zero-order valence-corrected chi connectivity index (χ0v) is 12.8. The topological polar surface area (TPSA) is 41.7 Å². The number of rotatable bonds is 3. The summed E-state index contributed by atoms with van der Waals surface area (Å²) >= 11 is 0. The van der Waals surface area contributed by atoms with Crippen molar-refractivity contribution in [3.8, 4) is 17.1 Å². The number of benzene rings is 1. The van der Waals surface area contributed by atoms with Crippen molar-refractivity contribution >= 4 is 5.69 Å². The Morgan fingerprint density at radius 3 is 2.57 bits per heavy atom. The van der Waals surface area contributed by atoms with Gasteiger partial charge in [0.25, 0.3) is 0 Å². The van der Waals surface area contributed by atoms with Gasteiger partial charge in [0.05, 0.1) is 18.9 Å². The fraction of sp³-hybridized carbons (Fsp3) is 0.438. The van der Waals surface area contributed by atoms with E-state index in [2.05, 4.69) is 34.0 Å². The van der Waals surface area contributed by atoms with Gasteiger partial charge in [-0.15, -0.1) is 0 Å². The summed E-state index contributed by atoms with van der Waals surface area (Å²) in [5.74, 6) is 2.23. The lowest BCUT2D eigenvalue weighted by molar-refractivity contribution is 0.312. The lowest BCUT2D eigenvalue weighted by atomic mass is 10.1. The third-order valence-electron chi connectivity index (χ3n) is 3.94. The van der Waals surface area contributed by atoms with Gasteiger partial charge in [0.1, 0.15) is 5.75 Å². The highest BCUT2D eigenvalue weighted by molar-refractivity contribution is 5.70. The highest BCUT2D eigenvalue weighted by Crippen LogP contribution is 2.34. The van der Waals surface area contributed by atoms with E-state index in [-0.39, 0.29) is 0 Å². The Kier molecular flexibility index (Phi) is 3.84. The molecule has 0 aliphatic carbocycles. The van der Waals surface area contributed by atoms with Gasteiger partial charge >= 0.3 is 0 Å². The van der Waals surface area contributed by atoms with E-state index in [1.165, 1.54) is 5.69 Å². The summed E-state index contributed by atoms with van der Waals surface area (Å²) in [4.78, 5) is 8.88. The van der Waals surface area contributed by atoms with E-state index >= 15 is 0 Å². The molecule has 2 aromatic rings. The second kappa shape index (κ2) is 5.77. The maximum atomic E-state index is 5.60. The van der Waals surface area contributed by atoms with Crippen molar-refractivity contribution in [3.05, 3.63) is 30.3 Å². The molecular weight excluding hydrogens is 266 g/mol. The molecular formula is C16H21N3O2. The first-order valence-corrected chi connectivity index (χ1v) is 7.21. The van der Waals surface area contributed by atoms with Crippen LogP contribution in [0.2, 0.25) is 0 Å². The third-order valence-corrected chi connectivity index (χ3v) is 3.94. The summed E-state index contributed by atoms with van der Waals surface area (Å²) in [6.07, 6.45) is 1.74. The molecule has 112 valence electrons. The Bertz CT molecular complexity index is 616. The SMILES string of the molecule is COc1cc(N2CCN(C)CC2)ccc1-c1cnc(C)o1. The summed E-state index contributed by atoms with van der Waals surface area (Å²) in [6.45, 7) is 6.10. The van der Waals surface area contributed by atoms with Crippen LogP contribution in [0.5, 0.6) is 5.75 Å². The predicted octanol–water partition coefficient (Wildman–Crippen LogP) is 2.41. The van der Waals surface area contributed by atoms with E-state index in [9.17, 15) is 0 Å². The molecule has 1 fully saturated rings. The summed E-state index contributed by atoms with van der Waals surface area (Å²) < 4.78 is 11.1. The molecule has 5 nitrogen and oxygen atoms in total. The van der Waals surface area contributed by atoms with Crippen LogP contribution in [0.1, 0.15) is 5.89 Å². The number of aryl methyl sites for hydroxylation is 1. The van der Waals surface area contributed by atoms with Crippen molar-refractivity contribution in [2.75, 3.05) is 45.2 Å². The molecule has 0 saturated carbocycles. The van der Waals surface area contributed by atoms with E-state index in [0.29, 0.717) is 5.89 Å². The lowest BCUT2D eigenvalue weighted by Crippen LogP contribution is -2.44. The molecule has 0 atom stereocenters. The van der Waals surface area contributed by atoms with Gasteiger partial charge in [-0.25, -0.2) is 4.98 Å². The van der Waals surface area contributed by atoms with Crippen LogP contribution >= 0.6 is 0 Å². The molecule has 0 N–H and O–H groups in total. The summed E-state index contributed by atoms with van der Waals surface area (Å²) in [5.41, 5.74) is 2.14. The predicted molar refractivity (Wildman–Crippen MR) is 82.9 cm³/mol. The quantitative estimate of drug-likeness (QED) is 0.867. The molecule has 0 spiro atoms. The van der Waals surface area contributed by atoms with E-state index in [0.717, 1.165) is 43.3 Å². The van der Waals surface area contributed by atoms with E-state index in [1.54, 1.807) is 13.3 Å². The van der Waals surface area contributed by atoms with Gasteiger partial charge in [0, 0.05) is 44.9 Å². The normalized spacial score (nSPS) is 16.2. The van der Waals surface area contributed by atoms with Crippen molar-refractivity contribution in [1.82, 2.24) is 9.88 Å². The minimum atomic E-state index is 0.662. The molecule has 3 rings (SSSR count). The Morgan fingerprint density at radius 2 is 1.95 bits per heavy atom. The largest absolute Gasteiger partial charge is 0.496 e. The first-order valence-electron chi connectivity index (χ1n) is 7.21. The first-order chi connectivity index (χ1) is 10.2. The van der Waals surface area contributed by atoms with Crippen molar-refractivity contribution in [2.45, 2.75) is 6.92 Å². The summed E-state index contributed by atoms with van der Waals surface area (Å²) in [7, 11) is 3.85. The van der Waals surface area contributed by atoms with Crippen LogP contribution in [0.15, 0.2) is 28.8 Å². The highest BCUT2D eigenvalue weighted by Gasteiger charge is 2.17. The summed E-state index contributed by atoms with van der Waals surface area (Å²) in [6, 6.07) is 6.26. The fourth-order valence-electron chi connectivity index (χ4n) is 2.63. The summed E-state index contributed by atoms with van der Waals surface area (Å²) in [5, 5.41) is 0. The van der Waals surface area contributed by atoms with Gasteiger partial charge in [-0.1, -0.05) is 0 Å². The number of likely N-dealkylation sites (N-methyl/N-ethyl adjacent to an activating group) is 1. The number of methoxy groups -OCH3 is 1. The molecule has 21 heavy (non-hydrogen) atoms. The molecule has 1 aromatic carbocycles. The molecule has 5 heteroatoms. The zero-order valence-electron chi connectivity index (χ0n) is 12.8. The van der Waals surface area contributed by atoms with Crippen LogP contribution in [0.3, 0.4) is 0 Å². The smallest absolute Gasteiger partial charge is 0.191 e. The van der Waals surface area contributed by atoms with Gasteiger partial charge in [-0.05, 0) is 19.2 Å². The van der Waals surface area contributed by atoms with Crippen LogP contribution in [0, 0.1) is 6.92 Å². The van der Waals surface area contributed by atoms with E-state index in [1.807, 2.05) is 13.0 Å². The second-order valence-corrected chi connectivity index (χ2v) is 5.42. The number of oxazole rings is 1. The minimum Gasteiger partial charge on any atom is -0.496 e. The lowest BCUT2D eigenvalue weighted by Gasteiger charge is -2.34. The Hall–Kier alpha value is -2.01. The number of anilines is 1. The molecule has 1 aromatic heterocycles. The molecule has 0 unspecified atom stereocenters. The number of piperazine rings is 1. The standard InChI is InChI=1S/C16H21N3O2/c1-12-17-11-16(21-12)14-5-4-13(10-15(14)20-3)19-8-6-18(2)7-9-19/h4-5,10-11H,6-9H2,1-3H3. The van der Waals surface area contributed by atoms with Gasteiger partial charge in [0.15, 0.2) is 11.7 Å². The van der Waals surface area contributed by atoms with Gasteiger partial charge < -0.3 is 19.0 Å². The van der Waals surface area contributed by atoms with Crippen LogP contribution in [-0.4, -0.2) is 50.2 Å². The van der Waals surface area contributed by atoms with Crippen LogP contribution in [-0.2, 0) is 0 Å². The molecule has 0 amide bonds. The molecule has 0 bridgehead atoms. The third kappa shape index (κ3) is 2.88. The average molecular weight is 287 g/mol. The van der Waals surface area contributed by atoms with Crippen molar-refractivity contribution < 1.29 is 9.15 Å². The molecule has 1 aliphatic rings. The van der Waals surface area contributed by atoms with Gasteiger partial charge in [-0.2, -0.15) is 0 Å². The highest BCUT2D eigenvalue weighted by atomic mass is 16.5. The van der Waals surface area contributed by atoms with Gasteiger partial charge in [0.2, 0.25) is 0 Å². The van der Waals surface area contributed by atoms with Gasteiger partial charge in [-0.3, -0.25) is 0 Å². The Balaban J connectivity index is 1.88. The van der Waals surface area contributed by atoms with Crippen LogP contribution in [0.25, 0.3) is 11.3 Å². The van der Waals surface area contributed by atoms with Crippen LogP contribution < -0.4 is 9.64 Å². The first kappa shape index (κ1) is 13.9. The molecule has 2 heterocycles. The minimum absolute atomic E-state index is 0.662. The number of aromatic nitrogens is 1. The van der Waals surface area contributed by atoms with Crippen molar-refractivity contribution in [3.63, 3.8) is 0 Å². The maximum Gasteiger partial charge on any atom is 0.191 e. The van der Waals surface area contributed by atoms with E-state index in [4.69, 9.17) is 9.15 Å². The van der Waals surface area contributed by atoms with Crippen molar-refractivity contribution in [2.24, 2.45) is 0 Å². The molecule has 1 aliphatic heterocycles. The molecule has 1 saturated heterocycles. The number of hydrogen-bond donors (Lipinski definition) is 0. The number of hydrogen-bond acceptors (Lipinski definition) is 5. The fourth-order valence-corrected chi connectivity index (χ4v) is 2.63. The second-order valence-electron chi connectivity index (χ2n) is 5.42. The average Bonchev–Trinajstić information content (AvgIpc) is 2.94. The van der Waals surface area contributed by atoms with E-state index < -0.39 is 0 Å².